The molecule has 1 aromatic carbocycles. The smallest absolute Gasteiger partial charge is 0.251 e. The molecule has 144 valence electrons. The fourth-order valence-corrected chi connectivity index (χ4v) is 4.11. The van der Waals surface area contributed by atoms with Crippen LogP contribution < -0.4 is 4.90 Å². The average Bonchev–Trinajstić information content (AvgIpc) is 3.38. The van der Waals surface area contributed by atoms with Crippen LogP contribution >= 0.6 is 0 Å². The third-order valence-electron chi connectivity index (χ3n) is 5.65. The van der Waals surface area contributed by atoms with E-state index in [9.17, 15) is 14.4 Å². The molecular weight excluding hydrogens is 346 g/mol. The normalized spacial score (nSPS) is 25.9. The summed E-state index contributed by atoms with van der Waals surface area (Å²) in [6, 6.07) is 9.47. The van der Waals surface area contributed by atoms with Crippen molar-refractivity contribution in [3.05, 3.63) is 30.3 Å². The average molecular weight is 371 g/mol. The van der Waals surface area contributed by atoms with Gasteiger partial charge in [0, 0.05) is 51.4 Å². The maximum Gasteiger partial charge on any atom is 0.251 e. The fraction of sp³-hybridized carbons (Fsp3) is 0.550. The number of hydrogen-bond acceptors (Lipinski definition) is 4. The second-order valence-corrected chi connectivity index (χ2v) is 7.39. The van der Waals surface area contributed by atoms with Gasteiger partial charge in [-0.25, -0.2) is 0 Å². The van der Waals surface area contributed by atoms with Crippen LogP contribution in [0, 0.1) is 5.92 Å². The highest BCUT2D eigenvalue weighted by molar-refractivity contribution is 6.00. The van der Waals surface area contributed by atoms with Gasteiger partial charge in [0.25, 0.3) is 5.91 Å². The Labute approximate surface area is 158 Å². The molecule has 0 saturated carbocycles. The second kappa shape index (κ2) is 7.68. The van der Waals surface area contributed by atoms with Crippen molar-refractivity contribution in [1.82, 2.24) is 9.80 Å². The molecule has 3 heterocycles. The zero-order chi connectivity index (χ0) is 18.8. The Kier molecular flexibility index (Phi) is 5.11. The summed E-state index contributed by atoms with van der Waals surface area (Å²) in [5, 5.41) is 0. The first-order valence-electron chi connectivity index (χ1n) is 9.68. The van der Waals surface area contributed by atoms with Gasteiger partial charge >= 0.3 is 0 Å². The Morgan fingerprint density at radius 2 is 1.63 bits per heavy atom. The summed E-state index contributed by atoms with van der Waals surface area (Å²) in [5.74, 6) is -0.248. The van der Waals surface area contributed by atoms with Crippen molar-refractivity contribution < 1.29 is 19.1 Å². The highest BCUT2D eigenvalue weighted by atomic mass is 16.5. The number of hydrogen-bond donors (Lipinski definition) is 0. The molecule has 3 aliphatic rings. The van der Waals surface area contributed by atoms with Crippen LogP contribution in [0.1, 0.15) is 19.3 Å². The van der Waals surface area contributed by atoms with E-state index >= 15 is 0 Å². The molecule has 3 aliphatic heterocycles. The van der Waals surface area contributed by atoms with Gasteiger partial charge in [0.15, 0.2) is 0 Å². The second-order valence-electron chi connectivity index (χ2n) is 7.39. The minimum Gasteiger partial charge on any atom is -0.368 e. The molecule has 7 heteroatoms. The number of rotatable bonds is 3. The highest BCUT2D eigenvalue weighted by Gasteiger charge is 2.38. The van der Waals surface area contributed by atoms with E-state index in [1.165, 1.54) is 0 Å². The van der Waals surface area contributed by atoms with Gasteiger partial charge in [-0.1, -0.05) is 18.2 Å². The summed E-state index contributed by atoms with van der Waals surface area (Å²) < 4.78 is 5.47. The lowest BCUT2D eigenvalue weighted by Gasteiger charge is -2.36. The molecule has 3 amide bonds. The van der Waals surface area contributed by atoms with E-state index in [2.05, 4.69) is 0 Å². The standard InChI is InChI=1S/C20H25N3O4/c24-18-13-15(14-23(18)16-5-2-1-3-6-16)19(25)21-8-10-22(11-9-21)20(26)17-7-4-12-27-17/h1-3,5-6,15,17H,4,7-14H2. The van der Waals surface area contributed by atoms with E-state index in [1.54, 1.807) is 14.7 Å². The SMILES string of the molecule is O=C(C1CC(=O)N(c2ccccc2)C1)N1CCN(C(=O)C2CCCO2)CC1. The van der Waals surface area contributed by atoms with Crippen LogP contribution in [0.25, 0.3) is 0 Å². The van der Waals surface area contributed by atoms with Crippen LogP contribution in [-0.4, -0.2) is 73.0 Å². The largest absolute Gasteiger partial charge is 0.368 e. The molecule has 1 aromatic rings. The van der Waals surface area contributed by atoms with Gasteiger partial charge in [0.05, 0.1) is 5.92 Å². The molecule has 0 radical (unpaired) electrons. The highest BCUT2D eigenvalue weighted by Crippen LogP contribution is 2.26. The van der Waals surface area contributed by atoms with Gasteiger partial charge in [-0.05, 0) is 25.0 Å². The fourth-order valence-electron chi connectivity index (χ4n) is 4.11. The van der Waals surface area contributed by atoms with Crippen LogP contribution in [0.5, 0.6) is 0 Å². The van der Waals surface area contributed by atoms with Gasteiger partial charge in [0.1, 0.15) is 6.10 Å². The number of carbonyl (C=O) groups is 3. The predicted octanol–water partition coefficient (Wildman–Crippen LogP) is 0.889. The van der Waals surface area contributed by atoms with E-state index in [-0.39, 0.29) is 36.2 Å². The topological polar surface area (TPSA) is 70.2 Å². The Balaban J connectivity index is 1.32. The number of ether oxygens (including phenoxy) is 1. The lowest BCUT2D eigenvalue weighted by atomic mass is 10.1. The summed E-state index contributed by atoms with van der Waals surface area (Å²) in [6.07, 6.45) is 1.67. The number of nitrogens with zero attached hydrogens (tertiary/aromatic N) is 3. The monoisotopic (exact) mass is 371 g/mol. The van der Waals surface area contributed by atoms with Crippen molar-refractivity contribution in [1.29, 1.82) is 0 Å². The Hall–Kier alpha value is -2.41. The number of para-hydroxylation sites is 1. The van der Waals surface area contributed by atoms with Gasteiger partial charge in [-0.3, -0.25) is 14.4 Å². The summed E-state index contributed by atoms with van der Waals surface area (Å²) in [4.78, 5) is 42.9. The molecule has 3 saturated heterocycles. The van der Waals surface area contributed by atoms with Crippen LogP contribution in [0.3, 0.4) is 0 Å². The zero-order valence-electron chi connectivity index (χ0n) is 15.4. The third kappa shape index (κ3) is 3.69. The van der Waals surface area contributed by atoms with Crippen LogP contribution in [0.2, 0.25) is 0 Å². The number of benzene rings is 1. The maximum absolute atomic E-state index is 12.9. The quantitative estimate of drug-likeness (QED) is 0.791. The van der Waals surface area contributed by atoms with Gasteiger partial charge in [0.2, 0.25) is 11.8 Å². The summed E-state index contributed by atoms with van der Waals surface area (Å²) >= 11 is 0. The minimum absolute atomic E-state index is 0.00764. The first-order chi connectivity index (χ1) is 13.1. The lowest BCUT2D eigenvalue weighted by Crippen LogP contribution is -2.54. The van der Waals surface area contributed by atoms with Crippen molar-refractivity contribution in [2.45, 2.75) is 25.4 Å². The summed E-state index contributed by atoms with van der Waals surface area (Å²) in [6.45, 7) is 3.20. The van der Waals surface area contributed by atoms with Crippen molar-refractivity contribution in [2.75, 3.05) is 44.2 Å². The van der Waals surface area contributed by atoms with Gasteiger partial charge in [-0.2, -0.15) is 0 Å². The van der Waals surface area contributed by atoms with E-state index in [0.29, 0.717) is 39.3 Å². The molecule has 2 unspecified atom stereocenters. The zero-order valence-corrected chi connectivity index (χ0v) is 15.4. The van der Waals surface area contributed by atoms with Crippen LogP contribution in [-0.2, 0) is 19.1 Å². The number of anilines is 1. The number of amides is 3. The third-order valence-corrected chi connectivity index (χ3v) is 5.65. The first-order valence-corrected chi connectivity index (χ1v) is 9.68. The van der Waals surface area contributed by atoms with Crippen molar-refractivity contribution in [2.24, 2.45) is 5.92 Å². The summed E-state index contributed by atoms with van der Waals surface area (Å²) in [7, 11) is 0. The molecule has 4 rings (SSSR count). The van der Waals surface area contributed by atoms with E-state index in [1.807, 2.05) is 30.3 Å². The molecule has 7 nitrogen and oxygen atoms in total. The number of piperazine rings is 1. The Bertz CT molecular complexity index is 709. The molecular formula is C20H25N3O4. The van der Waals surface area contributed by atoms with Crippen molar-refractivity contribution in [3.8, 4) is 0 Å². The van der Waals surface area contributed by atoms with E-state index in [4.69, 9.17) is 4.74 Å². The predicted molar refractivity (Wildman–Crippen MR) is 99.0 cm³/mol. The molecule has 0 spiro atoms. The molecule has 3 fully saturated rings. The lowest BCUT2D eigenvalue weighted by molar-refractivity contribution is -0.147. The number of carbonyl (C=O) groups excluding carboxylic acids is 3. The van der Waals surface area contributed by atoms with Crippen molar-refractivity contribution >= 4 is 23.4 Å². The molecule has 27 heavy (non-hydrogen) atoms. The van der Waals surface area contributed by atoms with Gasteiger partial charge in [-0.15, -0.1) is 0 Å². The Morgan fingerprint density at radius 3 is 2.26 bits per heavy atom. The summed E-state index contributed by atoms with van der Waals surface area (Å²) in [5.41, 5.74) is 0.838. The van der Waals surface area contributed by atoms with Gasteiger partial charge < -0.3 is 19.4 Å². The minimum atomic E-state index is -0.307. The molecule has 0 bridgehead atoms. The first kappa shape index (κ1) is 18.0. The van der Waals surface area contributed by atoms with Crippen LogP contribution in [0.4, 0.5) is 5.69 Å². The Morgan fingerprint density at radius 1 is 0.963 bits per heavy atom. The van der Waals surface area contributed by atoms with Crippen LogP contribution in [0.15, 0.2) is 30.3 Å². The molecule has 0 N–H and O–H groups in total. The molecule has 0 aromatic heterocycles. The van der Waals surface area contributed by atoms with E-state index < -0.39 is 0 Å². The van der Waals surface area contributed by atoms with E-state index in [0.717, 1.165) is 18.5 Å². The molecule has 2 atom stereocenters. The maximum atomic E-state index is 12.9. The van der Waals surface area contributed by atoms with Crippen molar-refractivity contribution in [3.63, 3.8) is 0 Å². The molecule has 0 aliphatic carbocycles.